The molecule has 0 unspecified atom stereocenters. The Bertz CT molecular complexity index is 1540. The fraction of sp³-hybridized carbons (Fsp3) is 0.103. The third-order valence-electron chi connectivity index (χ3n) is 5.75. The largest absolute Gasteiger partial charge is 0.488 e. The minimum Gasteiger partial charge on any atom is -0.488 e. The Labute approximate surface area is 192 Å². The van der Waals surface area contributed by atoms with Crippen LogP contribution in [0.15, 0.2) is 78.9 Å². The molecule has 1 N–H and O–H groups in total. The van der Waals surface area contributed by atoms with E-state index in [0.29, 0.717) is 18.0 Å². The van der Waals surface area contributed by atoms with Gasteiger partial charge in [0.1, 0.15) is 24.3 Å². The maximum atomic E-state index is 10.00. The molecule has 0 saturated carbocycles. The molecule has 4 heteroatoms. The third-order valence-corrected chi connectivity index (χ3v) is 5.75. The predicted molar refractivity (Wildman–Crippen MR) is 134 cm³/mol. The lowest BCUT2D eigenvalue weighted by molar-refractivity contribution is 0.306. The van der Waals surface area contributed by atoms with Crippen molar-refractivity contribution in [3.63, 3.8) is 0 Å². The lowest BCUT2D eigenvalue weighted by Gasteiger charge is -2.13. The van der Waals surface area contributed by atoms with E-state index in [0.717, 1.165) is 44.2 Å². The highest BCUT2D eigenvalue weighted by molar-refractivity contribution is 6.00. The topological polar surface area (TPSA) is 61.7 Å². The molecule has 0 aliphatic heterocycles. The van der Waals surface area contributed by atoms with Crippen molar-refractivity contribution in [2.45, 2.75) is 20.5 Å². The van der Waals surface area contributed by atoms with E-state index in [2.05, 4.69) is 59.4 Å². The summed E-state index contributed by atoms with van der Waals surface area (Å²) in [6.07, 6.45) is 1.87. The van der Waals surface area contributed by atoms with E-state index in [1.807, 2.05) is 55.5 Å². The van der Waals surface area contributed by atoms with Gasteiger partial charge >= 0.3 is 0 Å². The molecule has 0 aliphatic rings. The molecule has 0 aliphatic carbocycles. The van der Waals surface area contributed by atoms with Gasteiger partial charge in [-0.05, 0) is 60.0 Å². The highest BCUT2D eigenvalue weighted by Gasteiger charge is 2.13. The Morgan fingerprint density at radius 1 is 0.970 bits per heavy atom. The Kier molecular flexibility index (Phi) is 5.38. The maximum absolute atomic E-state index is 10.00. The summed E-state index contributed by atoms with van der Waals surface area (Å²) in [7, 11) is 0. The molecule has 160 valence electrons. The first-order valence-electron chi connectivity index (χ1n) is 10.9. The van der Waals surface area contributed by atoms with Gasteiger partial charge in [-0.2, -0.15) is 5.26 Å². The first-order chi connectivity index (χ1) is 16.1. The molecule has 5 aromatic rings. The van der Waals surface area contributed by atoms with Crippen LogP contribution >= 0.6 is 0 Å². The molecule has 4 nitrogen and oxygen atoms in total. The van der Waals surface area contributed by atoms with Crippen LogP contribution in [-0.4, -0.2) is 9.97 Å². The lowest BCUT2D eigenvalue weighted by atomic mass is 10.0. The predicted octanol–water partition coefficient (Wildman–Crippen LogP) is 6.98. The highest BCUT2D eigenvalue weighted by Crippen LogP contribution is 2.32. The second-order valence-corrected chi connectivity index (χ2v) is 8.25. The van der Waals surface area contributed by atoms with E-state index in [9.17, 15) is 5.26 Å². The fourth-order valence-corrected chi connectivity index (χ4v) is 3.94. The Balaban J connectivity index is 1.59. The Morgan fingerprint density at radius 3 is 2.58 bits per heavy atom. The number of H-pyrrole nitrogens is 1. The van der Waals surface area contributed by atoms with Crippen LogP contribution in [0.3, 0.4) is 0 Å². The molecule has 4 aromatic carbocycles. The Hall–Kier alpha value is -4.36. The highest BCUT2D eigenvalue weighted by atomic mass is 16.5. The molecule has 1 heterocycles. The van der Waals surface area contributed by atoms with Gasteiger partial charge in [-0.15, -0.1) is 0 Å². The van der Waals surface area contributed by atoms with Crippen LogP contribution in [0.25, 0.3) is 33.5 Å². The number of aromatic nitrogens is 2. The van der Waals surface area contributed by atoms with Gasteiger partial charge in [-0.25, -0.2) is 4.98 Å². The third kappa shape index (κ3) is 4.22. The van der Waals surface area contributed by atoms with Gasteiger partial charge in [-0.3, -0.25) is 0 Å². The minimum atomic E-state index is 0.450. The van der Waals surface area contributed by atoms with Crippen molar-refractivity contribution in [1.82, 2.24) is 9.97 Å². The van der Waals surface area contributed by atoms with Gasteiger partial charge in [0, 0.05) is 5.56 Å². The number of hydrogen-bond donors (Lipinski definition) is 1. The molecule has 0 radical (unpaired) electrons. The zero-order chi connectivity index (χ0) is 22.8. The summed E-state index contributed by atoms with van der Waals surface area (Å²) in [4.78, 5) is 7.94. The number of aryl methyl sites for hydroxylation is 2. The maximum Gasteiger partial charge on any atom is 0.149 e. The number of imidazole rings is 1. The van der Waals surface area contributed by atoms with Gasteiger partial charge in [0.15, 0.2) is 0 Å². The molecule has 0 spiro atoms. The van der Waals surface area contributed by atoms with Crippen molar-refractivity contribution in [1.29, 1.82) is 5.26 Å². The van der Waals surface area contributed by atoms with Gasteiger partial charge in [0.2, 0.25) is 0 Å². The molecule has 0 saturated heterocycles. The molecule has 0 amide bonds. The van der Waals surface area contributed by atoms with Crippen molar-refractivity contribution in [2.75, 3.05) is 0 Å². The molecule has 5 rings (SSSR count). The van der Waals surface area contributed by atoms with Gasteiger partial charge in [0.05, 0.1) is 16.6 Å². The number of ether oxygens (including phenoxy) is 1. The summed E-state index contributed by atoms with van der Waals surface area (Å²) < 4.78 is 6.24. The molecule has 0 fully saturated rings. The van der Waals surface area contributed by atoms with Crippen molar-refractivity contribution in [2.24, 2.45) is 0 Å². The van der Waals surface area contributed by atoms with Crippen molar-refractivity contribution >= 4 is 33.5 Å². The minimum absolute atomic E-state index is 0.450. The zero-order valence-corrected chi connectivity index (χ0v) is 18.6. The number of allylic oxidation sites excluding steroid dienone is 1. The van der Waals surface area contributed by atoms with Crippen molar-refractivity contribution in [3.05, 3.63) is 107 Å². The number of benzene rings is 4. The molecule has 0 bridgehead atoms. The van der Waals surface area contributed by atoms with E-state index >= 15 is 0 Å². The lowest BCUT2D eigenvalue weighted by Crippen LogP contribution is -1.98. The standard InChI is InChI=1S/C29H23N3O/c1-19-7-10-21(11-8-19)18-33-28-14-12-22-5-3-4-6-24(22)25(28)16-23(17-30)29-31-26-13-9-20(2)15-27(26)32-29/h3-16H,18H2,1-2H3,(H,31,32)/b23-16-. The summed E-state index contributed by atoms with van der Waals surface area (Å²) >= 11 is 0. The van der Waals surface area contributed by atoms with Crippen LogP contribution in [0.2, 0.25) is 0 Å². The van der Waals surface area contributed by atoms with Crippen molar-refractivity contribution < 1.29 is 4.74 Å². The van der Waals surface area contributed by atoms with E-state index in [1.165, 1.54) is 5.56 Å². The number of rotatable bonds is 5. The van der Waals surface area contributed by atoms with Gasteiger partial charge in [0.25, 0.3) is 0 Å². The summed E-state index contributed by atoms with van der Waals surface area (Å²) in [6, 6.07) is 28.8. The van der Waals surface area contributed by atoms with Crippen LogP contribution in [0.4, 0.5) is 0 Å². The van der Waals surface area contributed by atoms with E-state index in [1.54, 1.807) is 0 Å². The van der Waals surface area contributed by atoms with Gasteiger partial charge in [-0.1, -0.05) is 66.2 Å². The second kappa shape index (κ2) is 8.64. The summed E-state index contributed by atoms with van der Waals surface area (Å²) in [6.45, 7) is 4.56. The monoisotopic (exact) mass is 429 g/mol. The van der Waals surface area contributed by atoms with Crippen LogP contribution in [0.5, 0.6) is 5.75 Å². The van der Waals surface area contributed by atoms with Crippen LogP contribution < -0.4 is 4.74 Å². The average Bonchev–Trinajstić information content (AvgIpc) is 3.25. The van der Waals surface area contributed by atoms with Crippen LogP contribution in [0.1, 0.15) is 28.1 Å². The number of aromatic amines is 1. The number of hydrogen-bond acceptors (Lipinski definition) is 3. The smallest absolute Gasteiger partial charge is 0.149 e. The van der Waals surface area contributed by atoms with E-state index in [4.69, 9.17) is 4.74 Å². The number of nitrogens with one attached hydrogen (secondary N) is 1. The molecular weight excluding hydrogens is 406 g/mol. The SMILES string of the molecule is Cc1ccc(COc2ccc3ccccc3c2/C=C(/C#N)c2nc3ccc(C)cc3[nH]2)cc1. The number of nitriles is 1. The molecule has 0 atom stereocenters. The summed E-state index contributed by atoms with van der Waals surface area (Å²) in [5.41, 5.74) is 6.53. The van der Waals surface area contributed by atoms with Crippen LogP contribution in [0, 0.1) is 25.2 Å². The normalized spacial score (nSPS) is 11.6. The molecular formula is C29H23N3O. The van der Waals surface area contributed by atoms with Gasteiger partial charge < -0.3 is 9.72 Å². The second-order valence-electron chi connectivity index (χ2n) is 8.25. The van der Waals surface area contributed by atoms with Crippen molar-refractivity contribution in [3.8, 4) is 11.8 Å². The molecule has 1 aromatic heterocycles. The first-order valence-corrected chi connectivity index (χ1v) is 10.9. The van der Waals surface area contributed by atoms with Crippen LogP contribution in [-0.2, 0) is 6.61 Å². The summed E-state index contributed by atoms with van der Waals surface area (Å²) in [5.74, 6) is 1.28. The summed E-state index contributed by atoms with van der Waals surface area (Å²) in [5, 5.41) is 12.1. The molecule has 33 heavy (non-hydrogen) atoms. The average molecular weight is 430 g/mol. The zero-order valence-electron chi connectivity index (χ0n) is 18.6. The number of nitrogens with zero attached hydrogens (tertiary/aromatic N) is 2. The Morgan fingerprint density at radius 2 is 1.76 bits per heavy atom. The quantitative estimate of drug-likeness (QED) is 0.307. The van der Waals surface area contributed by atoms with E-state index < -0.39 is 0 Å². The first kappa shape index (κ1) is 20.5. The fourth-order valence-electron chi connectivity index (χ4n) is 3.94. The number of fused-ring (bicyclic) bond motifs is 2. The van der Waals surface area contributed by atoms with E-state index in [-0.39, 0.29) is 0 Å².